The van der Waals surface area contributed by atoms with E-state index in [1.807, 2.05) is 24.3 Å². The van der Waals surface area contributed by atoms with Gasteiger partial charge in [-0.2, -0.15) is 0 Å². The van der Waals surface area contributed by atoms with Gasteiger partial charge in [0.15, 0.2) is 0 Å². The summed E-state index contributed by atoms with van der Waals surface area (Å²) in [5, 5.41) is 6.95. The van der Waals surface area contributed by atoms with Crippen LogP contribution in [0, 0.1) is 0 Å². The highest BCUT2D eigenvalue weighted by Crippen LogP contribution is 2.18. The Balaban J connectivity index is 1.62. The fraction of sp³-hybridized carbons (Fsp3) is 0.462. The Kier molecular flexibility index (Phi) is 4.40. The van der Waals surface area contributed by atoms with Crippen molar-refractivity contribution in [1.29, 1.82) is 0 Å². The fourth-order valence-electron chi connectivity index (χ4n) is 1.59. The van der Waals surface area contributed by atoms with Crippen molar-refractivity contribution in [2.45, 2.75) is 31.8 Å². The van der Waals surface area contributed by atoms with Gasteiger partial charge in [-0.3, -0.25) is 4.79 Å². The molecule has 2 rings (SSSR count). The van der Waals surface area contributed by atoms with Gasteiger partial charge in [0, 0.05) is 30.6 Å². The lowest BCUT2D eigenvalue weighted by Crippen LogP contribution is -2.29. The van der Waals surface area contributed by atoms with Crippen molar-refractivity contribution < 1.29 is 4.79 Å². The molecule has 1 fully saturated rings. The van der Waals surface area contributed by atoms with Crippen LogP contribution in [0.2, 0.25) is 5.02 Å². The van der Waals surface area contributed by atoms with Gasteiger partial charge >= 0.3 is 0 Å². The van der Waals surface area contributed by atoms with Crippen LogP contribution in [0.1, 0.15) is 24.8 Å². The average Bonchev–Trinajstić information content (AvgIpc) is 3.10. The number of hydrogen-bond donors (Lipinski definition) is 2. The Morgan fingerprint density at radius 1 is 1.35 bits per heavy atom. The summed E-state index contributed by atoms with van der Waals surface area (Å²) in [6, 6.07) is 8.18. The molecule has 1 aliphatic rings. The summed E-state index contributed by atoms with van der Waals surface area (Å²) in [4.78, 5) is 11.4. The van der Waals surface area contributed by atoms with Crippen molar-refractivity contribution in [2.24, 2.45) is 0 Å². The van der Waals surface area contributed by atoms with Gasteiger partial charge in [0.25, 0.3) is 0 Å². The minimum atomic E-state index is 0.138. The highest BCUT2D eigenvalue weighted by molar-refractivity contribution is 6.31. The molecule has 0 unspecified atom stereocenters. The molecule has 0 radical (unpaired) electrons. The summed E-state index contributed by atoms with van der Waals surface area (Å²) in [7, 11) is 0. The van der Waals surface area contributed by atoms with Crippen LogP contribution in [0.15, 0.2) is 24.3 Å². The van der Waals surface area contributed by atoms with Gasteiger partial charge in [-0.1, -0.05) is 29.8 Å². The Hall–Kier alpha value is -1.06. The zero-order chi connectivity index (χ0) is 12.1. The van der Waals surface area contributed by atoms with Gasteiger partial charge in [-0.15, -0.1) is 0 Å². The zero-order valence-electron chi connectivity index (χ0n) is 9.71. The Labute approximate surface area is 107 Å². The molecular formula is C13H17ClN2O. The number of rotatable bonds is 6. The predicted octanol–water partition coefficient (Wildman–Crippen LogP) is 2.10. The van der Waals surface area contributed by atoms with E-state index in [1.54, 1.807) is 0 Å². The molecule has 17 heavy (non-hydrogen) atoms. The van der Waals surface area contributed by atoms with E-state index in [-0.39, 0.29) is 5.91 Å². The molecule has 3 nitrogen and oxygen atoms in total. The summed E-state index contributed by atoms with van der Waals surface area (Å²) >= 11 is 6.02. The standard InChI is InChI=1S/C13H17ClN2O/c14-12-4-2-1-3-10(12)9-15-8-7-13(17)16-11-5-6-11/h1-4,11,15H,5-9H2,(H,16,17). The van der Waals surface area contributed by atoms with E-state index in [1.165, 1.54) is 0 Å². The third-order valence-corrected chi connectivity index (χ3v) is 3.11. The SMILES string of the molecule is O=C(CCNCc1ccccc1Cl)NC1CC1. The molecule has 0 saturated heterocycles. The minimum absolute atomic E-state index is 0.138. The molecule has 0 aliphatic heterocycles. The Morgan fingerprint density at radius 2 is 2.12 bits per heavy atom. The quantitative estimate of drug-likeness (QED) is 0.762. The molecule has 1 aromatic rings. The molecule has 1 amide bonds. The third-order valence-electron chi connectivity index (χ3n) is 2.74. The maximum atomic E-state index is 11.4. The molecule has 1 saturated carbocycles. The molecular weight excluding hydrogens is 236 g/mol. The summed E-state index contributed by atoms with van der Waals surface area (Å²) in [6.45, 7) is 1.39. The van der Waals surface area contributed by atoms with Gasteiger partial charge in [0.2, 0.25) is 5.91 Å². The molecule has 0 aromatic heterocycles. The normalized spacial score (nSPS) is 14.6. The fourth-order valence-corrected chi connectivity index (χ4v) is 1.80. The van der Waals surface area contributed by atoms with Crippen LogP contribution in [0.3, 0.4) is 0 Å². The number of benzene rings is 1. The maximum Gasteiger partial charge on any atom is 0.221 e. The van der Waals surface area contributed by atoms with Crippen LogP contribution in [0.25, 0.3) is 0 Å². The number of carbonyl (C=O) groups excluding carboxylic acids is 1. The first-order chi connectivity index (χ1) is 8.25. The second-order valence-electron chi connectivity index (χ2n) is 4.36. The van der Waals surface area contributed by atoms with Crippen molar-refractivity contribution in [3.05, 3.63) is 34.9 Å². The highest BCUT2D eigenvalue weighted by Gasteiger charge is 2.22. The van der Waals surface area contributed by atoms with Gasteiger partial charge in [0.05, 0.1) is 0 Å². The van der Waals surface area contributed by atoms with E-state index in [0.717, 1.165) is 23.4 Å². The minimum Gasteiger partial charge on any atom is -0.353 e. The molecule has 0 atom stereocenters. The van der Waals surface area contributed by atoms with E-state index < -0.39 is 0 Å². The van der Waals surface area contributed by atoms with Crippen LogP contribution in [-0.2, 0) is 11.3 Å². The lowest BCUT2D eigenvalue weighted by molar-refractivity contribution is -0.121. The summed E-state index contributed by atoms with van der Waals surface area (Å²) in [6.07, 6.45) is 2.80. The molecule has 2 N–H and O–H groups in total. The van der Waals surface area contributed by atoms with E-state index in [9.17, 15) is 4.79 Å². The van der Waals surface area contributed by atoms with Crippen LogP contribution in [-0.4, -0.2) is 18.5 Å². The van der Waals surface area contributed by atoms with Gasteiger partial charge < -0.3 is 10.6 Å². The van der Waals surface area contributed by atoms with E-state index in [0.29, 0.717) is 25.6 Å². The molecule has 0 bridgehead atoms. The summed E-state index contributed by atoms with van der Waals surface area (Å²) in [5.74, 6) is 0.138. The first-order valence-electron chi connectivity index (χ1n) is 5.99. The molecule has 4 heteroatoms. The average molecular weight is 253 g/mol. The van der Waals surface area contributed by atoms with Crippen LogP contribution < -0.4 is 10.6 Å². The number of hydrogen-bond acceptors (Lipinski definition) is 2. The molecule has 0 heterocycles. The lowest BCUT2D eigenvalue weighted by atomic mass is 10.2. The lowest BCUT2D eigenvalue weighted by Gasteiger charge is -2.06. The van der Waals surface area contributed by atoms with Crippen molar-refractivity contribution in [3.8, 4) is 0 Å². The predicted molar refractivity (Wildman–Crippen MR) is 68.9 cm³/mol. The van der Waals surface area contributed by atoms with E-state index >= 15 is 0 Å². The second kappa shape index (κ2) is 6.03. The second-order valence-corrected chi connectivity index (χ2v) is 4.77. The van der Waals surface area contributed by atoms with Crippen LogP contribution >= 0.6 is 11.6 Å². The Morgan fingerprint density at radius 3 is 2.82 bits per heavy atom. The highest BCUT2D eigenvalue weighted by atomic mass is 35.5. The number of nitrogens with one attached hydrogen (secondary N) is 2. The summed E-state index contributed by atoms with van der Waals surface area (Å²) in [5.41, 5.74) is 1.07. The molecule has 0 spiro atoms. The summed E-state index contributed by atoms with van der Waals surface area (Å²) < 4.78 is 0. The third kappa shape index (κ3) is 4.36. The Bertz CT molecular complexity index is 391. The van der Waals surface area contributed by atoms with Crippen molar-refractivity contribution in [2.75, 3.05) is 6.54 Å². The van der Waals surface area contributed by atoms with Gasteiger partial charge in [-0.05, 0) is 24.5 Å². The topological polar surface area (TPSA) is 41.1 Å². The smallest absolute Gasteiger partial charge is 0.221 e. The number of amides is 1. The van der Waals surface area contributed by atoms with Crippen molar-refractivity contribution in [3.63, 3.8) is 0 Å². The molecule has 1 aromatic carbocycles. The number of halogens is 1. The van der Waals surface area contributed by atoms with Gasteiger partial charge in [-0.25, -0.2) is 0 Å². The van der Waals surface area contributed by atoms with Crippen molar-refractivity contribution >= 4 is 17.5 Å². The van der Waals surface area contributed by atoms with Gasteiger partial charge in [0.1, 0.15) is 0 Å². The first-order valence-corrected chi connectivity index (χ1v) is 6.37. The monoisotopic (exact) mass is 252 g/mol. The van der Waals surface area contributed by atoms with Crippen LogP contribution in [0.5, 0.6) is 0 Å². The molecule has 1 aliphatic carbocycles. The molecule has 92 valence electrons. The zero-order valence-corrected chi connectivity index (χ0v) is 10.5. The first kappa shape index (κ1) is 12.4. The largest absolute Gasteiger partial charge is 0.353 e. The number of carbonyl (C=O) groups is 1. The van der Waals surface area contributed by atoms with E-state index in [2.05, 4.69) is 10.6 Å². The van der Waals surface area contributed by atoms with Crippen LogP contribution in [0.4, 0.5) is 0 Å². The van der Waals surface area contributed by atoms with Crippen molar-refractivity contribution in [1.82, 2.24) is 10.6 Å². The van der Waals surface area contributed by atoms with E-state index in [4.69, 9.17) is 11.6 Å². The maximum absolute atomic E-state index is 11.4.